The number of nitrogens with one attached hydrogen (secondary N) is 1. The van der Waals surface area contributed by atoms with E-state index >= 15 is 0 Å². The lowest BCUT2D eigenvalue weighted by molar-refractivity contribution is 0.548. The molecule has 32 heavy (non-hydrogen) atoms. The van der Waals surface area contributed by atoms with Gasteiger partial charge in [0.1, 0.15) is 11.4 Å². The maximum Gasteiger partial charge on any atom is 0.342 e. The number of fused-ring (bicyclic) bond motifs is 4. The fraction of sp³-hybridized carbons (Fsp3) is 0.111. The molecule has 0 amide bonds. The minimum atomic E-state index is -0.325. The standard InChI is InChI=1S/C27H21N3O2/c1-16-12-14-18(15-13-16)23-22-17(2)29-30(19-8-4-3-5-9-19)26(22)28-25-20-10-6-7-11-21(20)32-27(31)24(23)25/h3-15,23,28H,1-2H3. The summed E-state index contributed by atoms with van der Waals surface area (Å²) in [5.74, 6) is 0.600. The molecule has 1 unspecified atom stereocenters. The van der Waals surface area contributed by atoms with Crippen LogP contribution in [0.3, 0.4) is 0 Å². The van der Waals surface area contributed by atoms with Crippen LogP contribution in [-0.4, -0.2) is 9.78 Å². The fourth-order valence-electron chi connectivity index (χ4n) is 4.68. The number of rotatable bonds is 2. The zero-order chi connectivity index (χ0) is 21.8. The first kappa shape index (κ1) is 18.6. The zero-order valence-electron chi connectivity index (χ0n) is 17.8. The third kappa shape index (κ3) is 2.71. The van der Waals surface area contributed by atoms with Crippen molar-refractivity contribution < 1.29 is 4.42 Å². The summed E-state index contributed by atoms with van der Waals surface area (Å²) < 4.78 is 7.69. The quantitative estimate of drug-likeness (QED) is 0.359. The first-order valence-corrected chi connectivity index (χ1v) is 10.7. The molecule has 5 nitrogen and oxygen atoms in total. The number of hydrogen-bond acceptors (Lipinski definition) is 4. The first-order chi connectivity index (χ1) is 15.6. The van der Waals surface area contributed by atoms with E-state index in [2.05, 4.69) is 36.5 Å². The van der Waals surface area contributed by atoms with Crippen molar-refractivity contribution in [2.75, 3.05) is 5.32 Å². The molecule has 5 aromatic rings. The second-order valence-electron chi connectivity index (χ2n) is 8.24. The molecule has 1 N–H and O–H groups in total. The van der Waals surface area contributed by atoms with Gasteiger partial charge >= 0.3 is 5.63 Å². The molecule has 2 aromatic heterocycles. The Hall–Kier alpha value is -4.12. The number of aryl methyl sites for hydroxylation is 2. The van der Waals surface area contributed by atoms with Crippen LogP contribution >= 0.6 is 0 Å². The van der Waals surface area contributed by atoms with Gasteiger partial charge in [0.25, 0.3) is 0 Å². The lowest BCUT2D eigenvalue weighted by atomic mass is 9.82. The van der Waals surface area contributed by atoms with Gasteiger partial charge in [-0.2, -0.15) is 5.10 Å². The second-order valence-corrected chi connectivity index (χ2v) is 8.24. The SMILES string of the molecule is Cc1ccc(C2c3c(C)nn(-c4ccccc4)c3Nc3c2c(=O)oc2ccccc32)cc1. The largest absolute Gasteiger partial charge is 0.422 e. The Morgan fingerprint density at radius 3 is 2.38 bits per heavy atom. The molecule has 6 rings (SSSR count). The lowest BCUT2D eigenvalue weighted by Crippen LogP contribution is -2.23. The molecule has 3 heterocycles. The van der Waals surface area contributed by atoms with Gasteiger partial charge < -0.3 is 9.73 Å². The molecule has 0 saturated carbocycles. The van der Waals surface area contributed by atoms with E-state index in [0.29, 0.717) is 11.1 Å². The van der Waals surface area contributed by atoms with Crippen molar-refractivity contribution in [1.82, 2.24) is 9.78 Å². The highest BCUT2D eigenvalue weighted by Crippen LogP contribution is 2.47. The van der Waals surface area contributed by atoms with E-state index in [-0.39, 0.29) is 11.5 Å². The van der Waals surface area contributed by atoms with Crippen LogP contribution in [0.5, 0.6) is 0 Å². The smallest absolute Gasteiger partial charge is 0.342 e. The number of anilines is 2. The zero-order valence-corrected chi connectivity index (χ0v) is 17.8. The van der Waals surface area contributed by atoms with E-state index in [9.17, 15) is 4.79 Å². The number of nitrogens with zero attached hydrogens (tertiary/aromatic N) is 2. The van der Waals surface area contributed by atoms with Gasteiger partial charge in [0.05, 0.1) is 22.6 Å². The third-order valence-corrected chi connectivity index (χ3v) is 6.19. The monoisotopic (exact) mass is 419 g/mol. The Morgan fingerprint density at radius 1 is 0.875 bits per heavy atom. The van der Waals surface area contributed by atoms with Crippen molar-refractivity contribution >= 4 is 22.5 Å². The summed E-state index contributed by atoms with van der Waals surface area (Å²) in [5.41, 5.74) is 6.69. The molecule has 0 aliphatic carbocycles. The number of para-hydroxylation sites is 2. The summed E-state index contributed by atoms with van der Waals surface area (Å²) in [6.07, 6.45) is 0. The Kier molecular flexibility index (Phi) is 4.05. The average molecular weight is 419 g/mol. The molecule has 1 aliphatic rings. The van der Waals surface area contributed by atoms with Crippen molar-refractivity contribution in [2.45, 2.75) is 19.8 Å². The molecule has 0 bridgehead atoms. The van der Waals surface area contributed by atoms with E-state index in [1.165, 1.54) is 5.56 Å². The average Bonchev–Trinajstić information content (AvgIpc) is 3.15. The summed E-state index contributed by atoms with van der Waals surface area (Å²) in [5, 5.41) is 9.31. The highest BCUT2D eigenvalue weighted by molar-refractivity contribution is 5.96. The summed E-state index contributed by atoms with van der Waals surface area (Å²) in [6.45, 7) is 4.06. The van der Waals surface area contributed by atoms with Crippen LogP contribution in [0, 0.1) is 13.8 Å². The second kappa shape index (κ2) is 6.95. The molecule has 1 aliphatic heterocycles. The van der Waals surface area contributed by atoms with Gasteiger partial charge in [-0.1, -0.05) is 60.2 Å². The van der Waals surface area contributed by atoms with Crippen molar-refractivity contribution in [3.8, 4) is 5.69 Å². The topological polar surface area (TPSA) is 60.1 Å². The van der Waals surface area contributed by atoms with Crippen molar-refractivity contribution in [1.29, 1.82) is 0 Å². The first-order valence-electron chi connectivity index (χ1n) is 10.7. The molecule has 0 saturated heterocycles. The molecular formula is C27H21N3O2. The molecule has 0 fully saturated rings. The molecule has 1 atom stereocenters. The summed E-state index contributed by atoms with van der Waals surface area (Å²) in [6, 6.07) is 26.0. The minimum Gasteiger partial charge on any atom is -0.422 e. The van der Waals surface area contributed by atoms with E-state index in [4.69, 9.17) is 9.52 Å². The molecule has 5 heteroatoms. The highest BCUT2D eigenvalue weighted by atomic mass is 16.4. The molecule has 0 radical (unpaired) electrons. The van der Waals surface area contributed by atoms with Crippen LogP contribution in [0.15, 0.2) is 88.1 Å². The van der Waals surface area contributed by atoms with Crippen LogP contribution in [0.25, 0.3) is 16.7 Å². The Balaban J connectivity index is 1.71. The van der Waals surface area contributed by atoms with Gasteiger partial charge in [-0.05, 0) is 43.7 Å². The molecule has 3 aromatic carbocycles. The predicted octanol–water partition coefficient (Wildman–Crippen LogP) is 5.83. The molecule has 156 valence electrons. The number of aromatic nitrogens is 2. The summed E-state index contributed by atoms with van der Waals surface area (Å²) >= 11 is 0. The Morgan fingerprint density at radius 2 is 1.59 bits per heavy atom. The maximum atomic E-state index is 13.3. The van der Waals surface area contributed by atoms with Gasteiger partial charge in [-0.25, -0.2) is 9.48 Å². The predicted molar refractivity (Wildman–Crippen MR) is 126 cm³/mol. The molecule has 0 spiro atoms. The number of benzene rings is 3. The normalized spacial score (nSPS) is 14.6. The van der Waals surface area contributed by atoms with Gasteiger partial charge in [0.2, 0.25) is 0 Å². The fourth-order valence-corrected chi connectivity index (χ4v) is 4.68. The molecular weight excluding hydrogens is 398 g/mol. The summed E-state index contributed by atoms with van der Waals surface area (Å²) in [4.78, 5) is 13.3. The van der Waals surface area contributed by atoms with E-state index < -0.39 is 0 Å². The van der Waals surface area contributed by atoms with Crippen LogP contribution in [0.1, 0.15) is 33.9 Å². The van der Waals surface area contributed by atoms with Gasteiger partial charge in [-0.3, -0.25) is 0 Å². The third-order valence-electron chi connectivity index (χ3n) is 6.19. The summed E-state index contributed by atoms with van der Waals surface area (Å²) in [7, 11) is 0. The van der Waals surface area contributed by atoms with Crippen molar-refractivity contribution in [2.24, 2.45) is 0 Å². The number of hydrogen-bond donors (Lipinski definition) is 1. The Bertz CT molecular complexity index is 1530. The van der Waals surface area contributed by atoms with E-state index in [1.54, 1.807) is 0 Å². The maximum absolute atomic E-state index is 13.3. The van der Waals surface area contributed by atoms with Gasteiger partial charge in [-0.15, -0.1) is 0 Å². The van der Waals surface area contributed by atoms with Gasteiger partial charge in [0, 0.05) is 16.9 Å². The van der Waals surface area contributed by atoms with Gasteiger partial charge in [0.15, 0.2) is 0 Å². The minimum absolute atomic E-state index is 0.278. The van der Waals surface area contributed by atoms with Crippen LogP contribution < -0.4 is 10.9 Å². The van der Waals surface area contributed by atoms with Crippen LogP contribution in [0.4, 0.5) is 11.5 Å². The van der Waals surface area contributed by atoms with E-state index in [0.717, 1.165) is 39.4 Å². The van der Waals surface area contributed by atoms with Crippen molar-refractivity contribution in [3.05, 3.63) is 117 Å². The van der Waals surface area contributed by atoms with Crippen LogP contribution in [-0.2, 0) is 0 Å². The van der Waals surface area contributed by atoms with E-state index in [1.807, 2.05) is 66.2 Å². The van der Waals surface area contributed by atoms with Crippen LogP contribution in [0.2, 0.25) is 0 Å². The Labute approximate surface area is 184 Å². The van der Waals surface area contributed by atoms with Crippen molar-refractivity contribution in [3.63, 3.8) is 0 Å². The lowest BCUT2D eigenvalue weighted by Gasteiger charge is -2.28. The highest BCUT2D eigenvalue weighted by Gasteiger charge is 2.36.